The first kappa shape index (κ1) is 17.4. The molecule has 0 bridgehead atoms. The van der Waals surface area contributed by atoms with Crippen molar-refractivity contribution in [2.45, 2.75) is 31.6 Å². The van der Waals surface area contributed by atoms with Crippen molar-refractivity contribution in [2.24, 2.45) is 0 Å². The van der Waals surface area contributed by atoms with E-state index in [1.54, 1.807) is 0 Å². The minimum atomic E-state index is 0.0225. The van der Waals surface area contributed by atoms with Crippen LogP contribution in [0.1, 0.15) is 37.0 Å². The zero-order chi connectivity index (χ0) is 16.5. The lowest BCUT2D eigenvalue weighted by molar-refractivity contribution is 0.108. The molecular formula is C19H22O3S. The van der Waals surface area contributed by atoms with Crippen molar-refractivity contribution in [1.82, 2.24) is 0 Å². The summed E-state index contributed by atoms with van der Waals surface area (Å²) < 4.78 is 11.0. The summed E-state index contributed by atoms with van der Waals surface area (Å²) in [6.07, 6.45) is 2.14. The number of ether oxygens (including phenoxy) is 2. The predicted octanol–water partition coefficient (Wildman–Crippen LogP) is 5.20. The van der Waals surface area contributed by atoms with E-state index in [4.69, 9.17) is 9.47 Å². The van der Waals surface area contributed by atoms with Crippen molar-refractivity contribution >= 4 is 16.9 Å². The Morgan fingerprint density at radius 2 is 1.52 bits per heavy atom. The van der Waals surface area contributed by atoms with Crippen molar-refractivity contribution in [3.05, 3.63) is 54.1 Å². The van der Waals surface area contributed by atoms with Gasteiger partial charge in [-0.25, -0.2) is 0 Å². The van der Waals surface area contributed by atoms with Gasteiger partial charge in [-0.05, 0) is 73.6 Å². The summed E-state index contributed by atoms with van der Waals surface area (Å²) >= 11 is 1.22. The SMILES string of the molecule is CCCCOc1ccc(C(=O)Sc2ccc(OCC)cc2)cc1. The van der Waals surface area contributed by atoms with Gasteiger partial charge in [0, 0.05) is 10.5 Å². The van der Waals surface area contributed by atoms with E-state index in [2.05, 4.69) is 6.92 Å². The van der Waals surface area contributed by atoms with Gasteiger partial charge in [0.25, 0.3) is 0 Å². The first-order valence-electron chi connectivity index (χ1n) is 7.90. The predicted molar refractivity (Wildman–Crippen MR) is 94.6 cm³/mol. The maximum atomic E-state index is 12.3. The lowest BCUT2D eigenvalue weighted by Crippen LogP contribution is -1.98. The first-order valence-corrected chi connectivity index (χ1v) is 8.72. The van der Waals surface area contributed by atoms with Crippen LogP contribution in [0, 0.1) is 0 Å². The van der Waals surface area contributed by atoms with Gasteiger partial charge in [-0.15, -0.1) is 0 Å². The summed E-state index contributed by atoms with van der Waals surface area (Å²) in [5.74, 6) is 1.62. The van der Waals surface area contributed by atoms with E-state index in [0.717, 1.165) is 29.2 Å². The molecule has 0 fully saturated rings. The minimum absolute atomic E-state index is 0.0225. The van der Waals surface area contributed by atoms with Crippen LogP contribution in [0.3, 0.4) is 0 Å². The minimum Gasteiger partial charge on any atom is -0.494 e. The van der Waals surface area contributed by atoms with E-state index < -0.39 is 0 Å². The molecule has 3 nitrogen and oxygen atoms in total. The third-order valence-electron chi connectivity index (χ3n) is 3.20. The standard InChI is InChI=1S/C19H22O3S/c1-3-5-14-22-17-8-6-15(7-9-17)19(20)23-18-12-10-16(11-13-18)21-4-2/h6-13H,3-5,14H2,1-2H3. The van der Waals surface area contributed by atoms with Gasteiger partial charge in [0.2, 0.25) is 5.12 Å². The molecule has 0 radical (unpaired) electrons. The molecule has 0 heterocycles. The van der Waals surface area contributed by atoms with Crippen LogP contribution in [0.2, 0.25) is 0 Å². The Labute approximate surface area is 142 Å². The Balaban J connectivity index is 1.92. The molecule has 2 aromatic carbocycles. The molecule has 0 spiro atoms. The van der Waals surface area contributed by atoms with Crippen molar-refractivity contribution < 1.29 is 14.3 Å². The fraction of sp³-hybridized carbons (Fsp3) is 0.316. The van der Waals surface area contributed by atoms with E-state index in [1.807, 2.05) is 55.5 Å². The zero-order valence-electron chi connectivity index (χ0n) is 13.6. The Kier molecular flexibility index (Phi) is 7.01. The van der Waals surface area contributed by atoms with Crippen LogP contribution < -0.4 is 9.47 Å². The van der Waals surface area contributed by atoms with Gasteiger partial charge < -0.3 is 9.47 Å². The van der Waals surface area contributed by atoms with E-state index in [0.29, 0.717) is 18.8 Å². The normalized spacial score (nSPS) is 10.3. The highest BCUT2D eigenvalue weighted by Gasteiger charge is 2.08. The number of carbonyl (C=O) groups is 1. The molecule has 0 unspecified atom stereocenters. The van der Waals surface area contributed by atoms with Crippen LogP contribution in [-0.4, -0.2) is 18.3 Å². The topological polar surface area (TPSA) is 35.5 Å². The smallest absolute Gasteiger partial charge is 0.224 e. The molecule has 122 valence electrons. The molecule has 0 amide bonds. The zero-order valence-corrected chi connectivity index (χ0v) is 14.4. The van der Waals surface area contributed by atoms with Gasteiger partial charge in [-0.2, -0.15) is 0 Å². The quantitative estimate of drug-likeness (QED) is 0.492. The molecular weight excluding hydrogens is 308 g/mol. The van der Waals surface area contributed by atoms with Gasteiger partial charge in [-0.1, -0.05) is 13.3 Å². The van der Waals surface area contributed by atoms with E-state index in [1.165, 1.54) is 11.8 Å². The number of benzene rings is 2. The molecule has 23 heavy (non-hydrogen) atoms. The molecule has 0 saturated heterocycles. The number of rotatable bonds is 8. The second kappa shape index (κ2) is 9.26. The molecule has 2 rings (SSSR count). The molecule has 2 aromatic rings. The van der Waals surface area contributed by atoms with Crippen LogP contribution in [0.4, 0.5) is 0 Å². The van der Waals surface area contributed by atoms with Crippen LogP contribution >= 0.6 is 11.8 Å². The lowest BCUT2D eigenvalue weighted by atomic mass is 10.2. The molecule has 0 N–H and O–H groups in total. The summed E-state index contributed by atoms with van der Waals surface area (Å²) in [4.78, 5) is 13.2. The Hall–Kier alpha value is -1.94. The molecule has 0 aromatic heterocycles. The lowest BCUT2D eigenvalue weighted by Gasteiger charge is -2.07. The van der Waals surface area contributed by atoms with E-state index in [-0.39, 0.29) is 5.12 Å². The van der Waals surface area contributed by atoms with Crippen LogP contribution in [0.25, 0.3) is 0 Å². The number of carbonyl (C=O) groups excluding carboxylic acids is 1. The molecule has 0 aliphatic carbocycles. The van der Waals surface area contributed by atoms with Gasteiger partial charge in [0.1, 0.15) is 11.5 Å². The molecule has 0 atom stereocenters. The van der Waals surface area contributed by atoms with E-state index >= 15 is 0 Å². The average Bonchev–Trinajstić information content (AvgIpc) is 2.58. The monoisotopic (exact) mass is 330 g/mol. The molecule has 0 aliphatic rings. The maximum Gasteiger partial charge on any atom is 0.224 e. The summed E-state index contributed by atoms with van der Waals surface area (Å²) in [5.41, 5.74) is 0.673. The van der Waals surface area contributed by atoms with Crippen molar-refractivity contribution in [3.63, 3.8) is 0 Å². The summed E-state index contributed by atoms with van der Waals surface area (Å²) in [6.45, 7) is 5.42. The van der Waals surface area contributed by atoms with Gasteiger partial charge in [0.05, 0.1) is 13.2 Å². The summed E-state index contributed by atoms with van der Waals surface area (Å²) in [7, 11) is 0. The van der Waals surface area contributed by atoms with Gasteiger partial charge in [0.15, 0.2) is 0 Å². The highest BCUT2D eigenvalue weighted by atomic mass is 32.2. The fourth-order valence-corrected chi connectivity index (χ4v) is 2.70. The second-order valence-corrected chi connectivity index (χ2v) is 6.07. The molecule has 4 heteroatoms. The highest BCUT2D eigenvalue weighted by molar-refractivity contribution is 8.14. The maximum absolute atomic E-state index is 12.3. The Morgan fingerprint density at radius 1 is 0.913 bits per heavy atom. The van der Waals surface area contributed by atoms with Gasteiger partial charge in [-0.3, -0.25) is 4.79 Å². The molecule has 0 saturated carbocycles. The largest absolute Gasteiger partial charge is 0.494 e. The number of thioether (sulfide) groups is 1. The third-order valence-corrected chi connectivity index (χ3v) is 4.13. The highest BCUT2D eigenvalue weighted by Crippen LogP contribution is 2.26. The Bertz CT molecular complexity index is 606. The number of hydrogen-bond acceptors (Lipinski definition) is 4. The van der Waals surface area contributed by atoms with Gasteiger partial charge >= 0.3 is 0 Å². The fourth-order valence-electron chi connectivity index (χ4n) is 1.96. The Morgan fingerprint density at radius 3 is 2.13 bits per heavy atom. The first-order chi connectivity index (χ1) is 11.2. The van der Waals surface area contributed by atoms with Crippen LogP contribution in [0.5, 0.6) is 11.5 Å². The number of unbranched alkanes of at least 4 members (excludes halogenated alkanes) is 1. The van der Waals surface area contributed by atoms with Crippen LogP contribution in [0.15, 0.2) is 53.4 Å². The average molecular weight is 330 g/mol. The third kappa shape index (κ3) is 5.64. The summed E-state index contributed by atoms with van der Waals surface area (Å²) in [6, 6.07) is 14.9. The van der Waals surface area contributed by atoms with Crippen molar-refractivity contribution in [2.75, 3.05) is 13.2 Å². The van der Waals surface area contributed by atoms with Crippen molar-refractivity contribution in [1.29, 1.82) is 0 Å². The second-order valence-electron chi connectivity index (χ2n) is 5.02. The summed E-state index contributed by atoms with van der Waals surface area (Å²) in [5, 5.41) is 0.0225. The van der Waals surface area contributed by atoms with E-state index in [9.17, 15) is 4.79 Å². The molecule has 0 aliphatic heterocycles. The van der Waals surface area contributed by atoms with Crippen molar-refractivity contribution in [3.8, 4) is 11.5 Å². The number of hydrogen-bond donors (Lipinski definition) is 0. The van der Waals surface area contributed by atoms with Crippen LogP contribution in [-0.2, 0) is 0 Å².